The lowest BCUT2D eigenvalue weighted by Gasteiger charge is -1.89. The first-order valence-corrected chi connectivity index (χ1v) is 3.93. The molecule has 0 atom stereocenters. The van der Waals surface area contributed by atoms with Gasteiger partial charge in [-0.1, -0.05) is 17.7 Å². The number of nitrogens with zero attached hydrogens (tertiary/aromatic N) is 2. The molecule has 0 saturated carbocycles. The molecule has 2 aromatic rings. The smallest absolute Gasteiger partial charge is 0.241 e. The molecule has 4 heteroatoms. The first kappa shape index (κ1) is 7.79. The average molecular weight is 175 g/mol. The van der Waals surface area contributed by atoms with E-state index >= 15 is 0 Å². The quantitative estimate of drug-likeness (QED) is 0.622. The van der Waals surface area contributed by atoms with Gasteiger partial charge >= 0.3 is 0 Å². The van der Waals surface area contributed by atoms with Gasteiger partial charge in [-0.15, -0.1) is 0 Å². The lowest BCUT2D eigenvalue weighted by atomic mass is 10.2. The second kappa shape index (κ2) is 2.90. The fourth-order valence-electron chi connectivity index (χ4n) is 1.07. The number of aromatic nitrogens is 2. The molecule has 4 nitrogen and oxygen atoms in total. The first-order valence-electron chi connectivity index (χ1n) is 3.93. The summed E-state index contributed by atoms with van der Waals surface area (Å²) >= 11 is 0. The van der Waals surface area contributed by atoms with Gasteiger partial charge in [0.15, 0.2) is 0 Å². The molecule has 0 spiro atoms. The van der Waals surface area contributed by atoms with E-state index in [9.17, 15) is 0 Å². The molecule has 1 N–H and O–H groups in total. The number of aryl methyl sites for hydroxylation is 1. The lowest BCUT2D eigenvalue weighted by molar-refractivity contribution is -0.670. The Morgan fingerprint density at radius 2 is 2.00 bits per heavy atom. The minimum Gasteiger partial charge on any atom is -0.660 e. The van der Waals surface area contributed by atoms with Crippen LogP contribution in [0.3, 0.4) is 0 Å². The van der Waals surface area contributed by atoms with Crippen LogP contribution in [0.2, 0.25) is 0 Å². The van der Waals surface area contributed by atoms with E-state index in [-0.39, 0.29) is 5.88 Å². The topological polar surface area (TPSA) is 53.7 Å². The summed E-state index contributed by atoms with van der Waals surface area (Å²) < 4.78 is 6.16. The van der Waals surface area contributed by atoms with Crippen LogP contribution in [0.4, 0.5) is 5.88 Å². The van der Waals surface area contributed by atoms with Crippen molar-refractivity contribution in [2.24, 2.45) is 0 Å². The Morgan fingerprint density at radius 3 is 2.54 bits per heavy atom. The van der Waals surface area contributed by atoms with E-state index in [2.05, 4.69) is 9.79 Å². The molecule has 0 amide bonds. The lowest BCUT2D eigenvalue weighted by Crippen LogP contribution is -2.30. The van der Waals surface area contributed by atoms with Gasteiger partial charge in [-0.25, -0.2) is 0 Å². The average Bonchev–Trinajstić information content (AvgIpc) is 2.53. The molecule has 0 bridgehead atoms. The zero-order valence-corrected chi connectivity index (χ0v) is 7.19. The molecule has 2 rings (SSSR count). The van der Waals surface area contributed by atoms with Gasteiger partial charge in [0.05, 0.1) is 0 Å². The Morgan fingerprint density at radius 1 is 1.31 bits per heavy atom. The van der Waals surface area contributed by atoms with Gasteiger partial charge in [0.2, 0.25) is 17.2 Å². The standard InChI is InChI=1S/C9H9N3O/c1-7-2-4-8(5-3-7)12-6-9(10)13-11-12/h2-6,10H,1H3. The molecule has 0 unspecified atom stereocenters. The van der Waals surface area contributed by atoms with E-state index in [4.69, 9.17) is 5.73 Å². The van der Waals surface area contributed by atoms with Crippen molar-refractivity contribution in [1.82, 2.24) is 5.27 Å². The number of hydrogen-bond acceptors (Lipinski definition) is 2. The van der Waals surface area contributed by atoms with Crippen LogP contribution in [0.25, 0.3) is 11.4 Å². The third-order valence-electron chi connectivity index (χ3n) is 1.77. The fourth-order valence-corrected chi connectivity index (χ4v) is 1.07. The maximum absolute atomic E-state index is 7.16. The largest absolute Gasteiger partial charge is 0.660 e. The molecule has 1 heterocycles. The Kier molecular flexibility index (Phi) is 1.73. The zero-order valence-electron chi connectivity index (χ0n) is 7.19. The van der Waals surface area contributed by atoms with Crippen LogP contribution >= 0.6 is 0 Å². The van der Waals surface area contributed by atoms with Crippen LogP contribution in [0.15, 0.2) is 35.0 Å². The third-order valence-corrected chi connectivity index (χ3v) is 1.77. The fraction of sp³-hybridized carbons (Fsp3) is 0.111. The monoisotopic (exact) mass is 175 g/mol. The van der Waals surface area contributed by atoms with E-state index in [1.54, 1.807) is 0 Å². The Hall–Kier alpha value is -1.84. The molecule has 0 radical (unpaired) electrons. The second-order valence-electron chi connectivity index (χ2n) is 2.85. The molecule has 66 valence electrons. The molecule has 1 aromatic carbocycles. The predicted octanol–water partition coefficient (Wildman–Crippen LogP) is 1.94. The Balaban J connectivity index is 2.41. The molecule has 0 fully saturated rings. The molecule has 0 aliphatic heterocycles. The van der Waals surface area contributed by atoms with E-state index in [1.807, 2.05) is 31.2 Å². The number of rotatable bonds is 1. The van der Waals surface area contributed by atoms with Crippen molar-refractivity contribution in [1.29, 1.82) is 0 Å². The number of hydrogen-bond donors (Lipinski definition) is 0. The zero-order chi connectivity index (χ0) is 9.26. The molecular weight excluding hydrogens is 166 g/mol. The second-order valence-corrected chi connectivity index (χ2v) is 2.85. The normalized spacial score (nSPS) is 10.2. The summed E-state index contributed by atoms with van der Waals surface area (Å²) in [4.78, 5) is 0. The predicted molar refractivity (Wildman–Crippen MR) is 46.8 cm³/mol. The van der Waals surface area contributed by atoms with E-state index in [0.717, 1.165) is 5.69 Å². The van der Waals surface area contributed by atoms with Crippen molar-refractivity contribution in [3.05, 3.63) is 41.8 Å². The molecule has 13 heavy (non-hydrogen) atoms. The van der Waals surface area contributed by atoms with Gasteiger partial charge < -0.3 is 10.3 Å². The third kappa shape index (κ3) is 1.51. The first-order chi connectivity index (χ1) is 6.25. The molecular formula is C9H9N3O. The van der Waals surface area contributed by atoms with Crippen LogP contribution in [0.1, 0.15) is 5.56 Å². The van der Waals surface area contributed by atoms with Gasteiger partial charge in [-0.2, -0.15) is 0 Å². The Bertz CT molecular complexity index is 405. The van der Waals surface area contributed by atoms with E-state index in [0.29, 0.717) is 0 Å². The highest BCUT2D eigenvalue weighted by atomic mass is 16.5. The summed E-state index contributed by atoms with van der Waals surface area (Å²) in [6.07, 6.45) is 1.52. The highest BCUT2D eigenvalue weighted by molar-refractivity contribution is 5.27. The van der Waals surface area contributed by atoms with Crippen molar-refractivity contribution in [2.45, 2.75) is 6.92 Å². The number of nitrogens with one attached hydrogen (secondary N) is 1. The summed E-state index contributed by atoms with van der Waals surface area (Å²) in [7, 11) is 0. The molecule has 0 saturated heterocycles. The molecule has 1 aromatic heterocycles. The summed E-state index contributed by atoms with van der Waals surface area (Å²) in [5.41, 5.74) is 9.25. The SMILES string of the molecule is Cc1ccc(-[n+]2cc([NH-])on2)cc1. The Labute approximate surface area is 75.6 Å². The van der Waals surface area contributed by atoms with Crippen LogP contribution < -0.4 is 4.68 Å². The van der Waals surface area contributed by atoms with Crippen LogP contribution in [0.5, 0.6) is 0 Å². The van der Waals surface area contributed by atoms with Gasteiger partial charge in [0.25, 0.3) is 0 Å². The van der Waals surface area contributed by atoms with E-state index < -0.39 is 0 Å². The summed E-state index contributed by atoms with van der Waals surface area (Å²) in [5.74, 6) is 0.0561. The summed E-state index contributed by atoms with van der Waals surface area (Å²) in [6, 6.07) is 7.83. The van der Waals surface area contributed by atoms with Crippen LogP contribution in [0, 0.1) is 6.92 Å². The van der Waals surface area contributed by atoms with Crippen molar-refractivity contribution in [3.63, 3.8) is 0 Å². The van der Waals surface area contributed by atoms with Gasteiger partial charge in [-0.3, -0.25) is 0 Å². The van der Waals surface area contributed by atoms with Gasteiger partial charge in [0, 0.05) is 12.1 Å². The summed E-state index contributed by atoms with van der Waals surface area (Å²) in [5, 5.41) is 3.67. The highest BCUT2D eigenvalue weighted by Crippen LogP contribution is 2.06. The van der Waals surface area contributed by atoms with Crippen LogP contribution in [-0.4, -0.2) is 5.27 Å². The van der Waals surface area contributed by atoms with Crippen molar-refractivity contribution in [2.75, 3.05) is 0 Å². The highest BCUT2D eigenvalue weighted by Gasteiger charge is 2.08. The number of benzene rings is 1. The van der Waals surface area contributed by atoms with Gasteiger partial charge in [0.1, 0.15) is 5.88 Å². The van der Waals surface area contributed by atoms with Crippen molar-refractivity contribution in [3.8, 4) is 5.69 Å². The maximum Gasteiger partial charge on any atom is 0.241 e. The minimum absolute atomic E-state index is 0.0561. The van der Waals surface area contributed by atoms with Gasteiger partial charge in [-0.05, 0) is 11.6 Å². The maximum atomic E-state index is 7.16. The molecule has 0 aliphatic rings. The summed E-state index contributed by atoms with van der Waals surface area (Å²) in [6.45, 7) is 2.02. The van der Waals surface area contributed by atoms with Crippen LogP contribution in [-0.2, 0) is 0 Å². The molecule has 0 aliphatic carbocycles. The van der Waals surface area contributed by atoms with Crippen molar-refractivity contribution >= 4 is 5.88 Å². The van der Waals surface area contributed by atoms with E-state index in [1.165, 1.54) is 16.4 Å². The minimum atomic E-state index is 0.0561. The van der Waals surface area contributed by atoms with Crippen molar-refractivity contribution < 1.29 is 9.20 Å².